The lowest BCUT2D eigenvalue weighted by atomic mass is 10.1. The van der Waals surface area contributed by atoms with Crippen molar-refractivity contribution in [3.05, 3.63) is 57.6 Å². The molecule has 0 saturated carbocycles. The predicted molar refractivity (Wildman–Crippen MR) is 88.2 cm³/mol. The van der Waals surface area contributed by atoms with Gasteiger partial charge in [-0.1, -0.05) is 52.6 Å². The van der Waals surface area contributed by atoms with E-state index >= 15 is 0 Å². The van der Waals surface area contributed by atoms with Crippen LogP contribution in [-0.4, -0.2) is 6.03 Å². The molecule has 0 radical (unpaired) electrons. The smallest absolute Gasteiger partial charge is 0.249 e. The number of aryl methyl sites for hydroxylation is 2. The van der Waals surface area contributed by atoms with Gasteiger partial charge in [-0.2, -0.15) is 5.53 Å². The molecule has 0 aliphatic rings. The number of para-hydroxylation sites is 2. The van der Waals surface area contributed by atoms with Crippen LogP contribution in [0.15, 0.2) is 41.5 Å². The first-order valence-electron chi connectivity index (χ1n) is 6.44. The maximum absolute atomic E-state index is 11.6. The molecular formula is C15H14Cl2N4O. The fourth-order valence-corrected chi connectivity index (χ4v) is 2.77. The van der Waals surface area contributed by atoms with Gasteiger partial charge in [-0.05, 0) is 37.1 Å². The van der Waals surface area contributed by atoms with Gasteiger partial charge in [0.25, 0.3) is 0 Å². The minimum atomic E-state index is -0.821. The van der Waals surface area contributed by atoms with E-state index in [4.69, 9.17) is 28.7 Å². The molecule has 7 heteroatoms. The number of carbonyl (C=O) groups excluding carboxylic acids is 1. The van der Waals surface area contributed by atoms with E-state index in [2.05, 4.69) is 10.5 Å². The predicted octanol–water partition coefficient (Wildman–Crippen LogP) is 5.40. The number of nitrogens with one attached hydrogen (secondary N) is 2. The van der Waals surface area contributed by atoms with E-state index in [1.807, 2.05) is 38.1 Å². The lowest BCUT2D eigenvalue weighted by Gasteiger charge is -2.28. The van der Waals surface area contributed by atoms with Crippen LogP contribution in [0.5, 0.6) is 0 Å². The van der Waals surface area contributed by atoms with E-state index in [1.54, 1.807) is 12.1 Å². The Morgan fingerprint density at radius 1 is 1.05 bits per heavy atom. The van der Waals surface area contributed by atoms with Gasteiger partial charge >= 0.3 is 6.03 Å². The van der Waals surface area contributed by atoms with Crippen molar-refractivity contribution in [3.63, 3.8) is 0 Å². The van der Waals surface area contributed by atoms with Crippen LogP contribution in [-0.2, 0) is 0 Å². The molecule has 2 amide bonds. The lowest BCUT2D eigenvalue weighted by molar-refractivity contribution is 0.247. The van der Waals surface area contributed by atoms with Gasteiger partial charge in [0, 0.05) is 0 Å². The Kier molecular flexibility index (Phi) is 5.00. The third-order valence-corrected chi connectivity index (χ3v) is 3.74. The number of amides is 2. The molecule has 2 aromatic rings. The summed E-state index contributed by atoms with van der Waals surface area (Å²) in [4.78, 5) is 11.6. The highest BCUT2D eigenvalue weighted by Gasteiger charge is 2.21. The summed E-state index contributed by atoms with van der Waals surface area (Å²) in [5, 5.41) is 5.24. The maximum atomic E-state index is 11.6. The summed E-state index contributed by atoms with van der Waals surface area (Å²) in [5.41, 5.74) is 12.2. The topological polar surface area (TPSA) is 68.6 Å². The van der Waals surface area contributed by atoms with Crippen molar-refractivity contribution in [3.8, 4) is 0 Å². The van der Waals surface area contributed by atoms with Gasteiger partial charge < -0.3 is 0 Å². The number of halogens is 2. The van der Waals surface area contributed by atoms with E-state index in [0.29, 0.717) is 21.4 Å². The number of hydrazine groups is 1. The highest BCUT2D eigenvalue weighted by Crippen LogP contribution is 2.38. The zero-order chi connectivity index (χ0) is 16.3. The summed E-state index contributed by atoms with van der Waals surface area (Å²) in [6, 6.07) is 9.97. The number of rotatable bonds is 3. The van der Waals surface area contributed by atoms with Gasteiger partial charge in [0.1, 0.15) is 0 Å². The van der Waals surface area contributed by atoms with Crippen LogP contribution < -0.4 is 10.4 Å². The molecule has 0 atom stereocenters. The Bertz CT molecular complexity index is 641. The number of carbonyl (C=O) groups is 1. The first-order valence-corrected chi connectivity index (χ1v) is 7.19. The molecule has 0 saturated heterocycles. The highest BCUT2D eigenvalue weighted by atomic mass is 35.5. The molecular weight excluding hydrogens is 323 g/mol. The standard InChI is InChI=1S/C15H14Cl2N4O/c1-9-5-3-7-11(16)13(9)21(20-15(22)19-18)14-10(2)6-4-8-12(14)17/h3-8,18H,1-2H3,(H,20,22). The number of hydrogen-bond acceptors (Lipinski definition) is 3. The summed E-state index contributed by atoms with van der Waals surface area (Å²) in [6.07, 6.45) is 0. The number of urea groups is 1. The summed E-state index contributed by atoms with van der Waals surface area (Å²) in [6.45, 7) is 3.73. The molecule has 0 aliphatic carbocycles. The SMILES string of the molecule is Cc1cccc(Cl)c1N(NC(=O)N=N)c1c(C)cccc1Cl. The van der Waals surface area contributed by atoms with Gasteiger partial charge in [-0.25, -0.2) is 15.2 Å². The van der Waals surface area contributed by atoms with Crippen LogP contribution >= 0.6 is 23.2 Å². The van der Waals surface area contributed by atoms with Crippen LogP contribution in [0.2, 0.25) is 10.0 Å². The lowest BCUT2D eigenvalue weighted by Crippen LogP contribution is -2.38. The number of benzene rings is 2. The summed E-state index contributed by atoms with van der Waals surface area (Å²) in [7, 11) is 0. The Morgan fingerprint density at radius 2 is 1.50 bits per heavy atom. The molecule has 5 nitrogen and oxygen atoms in total. The van der Waals surface area contributed by atoms with E-state index < -0.39 is 6.03 Å². The van der Waals surface area contributed by atoms with E-state index in [-0.39, 0.29) is 0 Å². The van der Waals surface area contributed by atoms with Gasteiger partial charge in [-0.3, -0.25) is 0 Å². The zero-order valence-corrected chi connectivity index (χ0v) is 13.5. The quantitative estimate of drug-likeness (QED) is 0.581. The van der Waals surface area contributed by atoms with Crippen molar-refractivity contribution in [2.24, 2.45) is 5.11 Å². The van der Waals surface area contributed by atoms with Crippen molar-refractivity contribution >= 4 is 40.6 Å². The minimum absolute atomic E-state index is 0.449. The minimum Gasteiger partial charge on any atom is -0.249 e. The molecule has 0 unspecified atom stereocenters. The molecule has 0 fully saturated rings. The second kappa shape index (κ2) is 6.77. The molecule has 2 N–H and O–H groups in total. The van der Waals surface area contributed by atoms with Gasteiger partial charge in [0.15, 0.2) is 0 Å². The maximum Gasteiger partial charge on any atom is 0.378 e. The van der Waals surface area contributed by atoms with Crippen LogP contribution in [0.4, 0.5) is 16.2 Å². The van der Waals surface area contributed by atoms with E-state index in [9.17, 15) is 4.79 Å². The van der Waals surface area contributed by atoms with Crippen molar-refractivity contribution in [1.82, 2.24) is 5.43 Å². The van der Waals surface area contributed by atoms with Crippen LogP contribution in [0.1, 0.15) is 11.1 Å². The normalized spacial score (nSPS) is 10.2. The number of anilines is 2. The molecule has 0 bridgehead atoms. The van der Waals surface area contributed by atoms with Crippen LogP contribution in [0, 0.1) is 19.4 Å². The van der Waals surface area contributed by atoms with Crippen LogP contribution in [0.25, 0.3) is 0 Å². The first kappa shape index (κ1) is 16.3. The molecule has 114 valence electrons. The Hall–Kier alpha value is -2.11. The largest absolute Gasteiger partial charge is 0.378 e. The first-order chi connectivity index (χ1) is 10.5. The zero-order valence-electron chi connectivity index (χ0n) is 12.0. The molecule has 0 aliphatic heterocycles. The second-order valence-corrected chi connectivity index (χ2v) is 5.49. The van der Waals surface area contributed by atoms with Gasteiger partial charge in [0.05, 0.1) is 21.4 Å². The van der Waals surface area contributed by atoms with E-state index in [1.165, 1.54) is 5.01 Å². The molecule has 0 heterocycles. The second-order valence-electron chi connectivity index (χ2n) is 4.67. The molecule has 0 aromatic heterocycles. The number of hydrogen-bond donors (Lipinski definition) is 2. The Labute approximate surface area is 138 Å². The van der Waals surface area contributed by atoms with Crippen molar-refractivity contribution in [2.75, 3.05) is 5.01 Å². The Morgan fingerprint density at radius 3 is 1.86 bits per heavy atom. The third-order valence-electron chi connectivity index (χ3n) is 3.13. The van der Waals surface area contributed by atoms with Crippen molar-refractivity contribution in [2.45, 2.75) is 13.8 Å². The van der Waals surface area contributed by atoms with Gasteiger partial charge in [-0.15, -0.1) is 0 Å². The molecule has 22 heavy (non-hydrogen) atoms. The number of nitrogens with zero attached hydrogens (tertiary/aromatic N) is 2. The van der Waals surface area contributed by atoms with Crippen molar-refractivity contribution in [1.29, 1.82) is 5.53 Å². The van der Waals surface area contributed by atoms with Gasteiger partial charge in [0.2, 0.25) is 0 Å². The third kappa shape index (κ3) is 3.21. The van der Waals surface area contributed by atoms with Crippen LogP contribution in [0.3, 0.4) is 0 Å². The van der Waals surface area contributed by atoms with Crippen molar-refractivity contribution < 1.29 is 4.79 Å². The average molecular weight is 337 g/mol. The summed E-state index contributed by atoms with van der Waals surface area (Å²) < 4.78 is 0. The molecule has 2 rings (SSSR count). The molecule has 2 aromatic carbocycles. The fraction of sp³-hybridized carbons (Fsp3) is 0.133. The van der Waals surface area contributed by atoms with E-state index in [0.717, 1.165) is 11.1 Å². The Balaban J connectivity index is 2.67. The fourth-order valence-electron chi connectivity index (χ4n) is 2.16. The highest BCUT2D eigenvalue weighted by molar-refractivity contribution is 6.35. The monoisotopic (exact) mass is 336 g/mol. The summed E-state index contributed by atoms with van der Waals surface area (Å²) in [5.74, 6) is 0. The average Bonchev–Trinajstić information content (AvgIpc) is 2.46. The summed E-state index contributed by atoms with van der Waals surface area (Å²) >= 11 is 12.6. The molecule has 0 spiro atoms.